The number of benzene rings is 3. The second kappa shape index (κ2) is 9.28. The van der Waals surface area contributed by atoms with Gasteiger partial charge in [-0.15, -0.1) is 0 Å². The summed E-state index contributed by atoms with van der Waals surface area (Å²) in [7, 11) is -1.87. The van der Waals surface area contributed by atoms with Gasteiger partial charge < -0.3 is 9.88 Å². The number of rotatable bonds is 6. The Kier molecular flexibility index (Phi) is 6.17. The van der Waals surface area contributed by atoms with Crippen molar-refractivity contribution in [1.82, 2.24) is 14.2 Å². The van der Waals surface area contributed by atoms with E-state index in [1.165, 1.54) is 21.8 Å². The van der Waals surface area contributed by atoms with Gasteiger partial charge in [0.2, 0.25) is 15.9 Å². The topological polar surface area (TPSA) is 71.4 Å². The van der Waals surface area contributed by atoms with E-state index in [-0.39, 0.29) is 17.3 Å². The Morgan fingerprint density at radius 3 is 2.60 bits per heavy atom. The molecule has 0 radical (unpaired) electrons. The molecular weight excluding hydrogens is 465 g/mol. The van der Waals surface area contributed by atoms with Gasteiger partial charge in [0.25, 0.3) is 0 Å². The third kappa shape index (κ3) is 4.59. The van der Waals surface area contributed by atoms with Crippen LogP contribution in [0, 0.1) is 5.82 Å². The van der Waals surface area contributed by atoms with Crippen molar-refractivity contribution in [2.75, 3.05) is 6.54 Å². The zero-order valence-electron chi connectivity index (χ0n) is 19.3. The van der Waals surface area contributed by atoms with Crippen LogP contribution in [0.25, 0.3) is 22.0 Å². The lowest BCUT2D eigenvalue weighted by molar-refractivity contribution is -0.124. The fraction of sp³-hybridized carbons (Fsp3) is 0.222. The van der Waals surface area contributed by atoms with Gasteiger partial charge in [-0.3, -0.25) is 4.79 Å². The van der Waals surface area contributed by atoms with E-state index in [1.807, 2.05) is 37.5 Å². The first-order chi connectivity index (χ1) is 16.8. The van der Waals surface area contributed by atoms with Crippen molar-refractivity contribution in [1.29, 1.82) is 0 Å². The monoisotopic (exact) mass is 491 g/mol. The van der Waals surface area contributed by atoms with Crippen molar-refractivity contribution in [3.63, 3.8) is 0 Å². The smallest absolute Gasteiger partial charge is 0.243 e. The van der Waals surface area contributed by atoms with Crippen LogP contribution in [-0.4, -0.2) is 35.8 Å². The number of carbonyl (C=O) groups excluding carboxylic acids is 1. The molecule has 8 heteroatoms. The highest BCUT2D eigenvalue weighted by atomic mass is 32.2. The van der Waals surface area contributed by atoms with Crippen molar-refractivity contribution >= 4 is 26.8 Å². The molecule has 1 aromatic heterocycles. The molecule has 2 heterocycles. The first-order valence-corrected chi connectivity index (χ1v) is 13.0. The quantitative estimate of drug-likeness (QED) is 0.433. The lowest BCUT2D eigenvalue weighted by atomic mass is 10.0. The summed E-state index contributed by atoms with van der Waals surface area (Å²) >= 11 is 0. The summed E-state index contributed by atoms with van der Waals surface area (Å²) in [6.45, 7) is 0.551. The molecule has 5 rings (SSSR count). The molecule has 1 atom stereocenters. The number of halogens is 1. The van der Waals surface area contributed by atoms with Crippen molar-refractivity contribution in [2.45, 2.75) is 30.3 Å². The number of amides is 1. The minimum atomic E-state index is -3.89. The van der Waals surface area contributed by atoms with E-state index in [4.69, 9.17) is 0 Å². The van der Waals surface area contributed by atoms with E-state index < -0.39 is 21.9 Å². The molecule has 180 valence electrons. The van der Waals surface area contributed by atoms with Crippen molar-refractivity contribution < 1.29 is 17.6 Å². The van der Waals surface area contributed by atoms with Crippen molar-refractivity contribution in [3.8, 4) is 11.1 Å². The van der Waals surface area contributed by atoms with Gasteiger partial charge >= 0.3 is 0 Å². The maximum atomic E-state index is 13.3. The number of nitrogens with zero attached hydrogens (tertiary/aromatic N) is 2. The highest BCUT2D eigenvalue weighted by molar-refractivity contribution is 7.89. The van der Waals surface area contributed by atoms with Crippen LogP contribution >= 0.6 is 0 Å². The molecule has 3 aromatic carbocycles. The van der Waals surface area contributed by atoms with Gasteiger partial charge in [-0.25, -0.2) is 12.8 Å². The number of hydrogen-bond acceptors (Lipinski definition) is 3. The summed E-state index contributed by atoms with van der Waals surface area (Å²) in [6.07, 6.45) is 3.07. The molecule has 0 saturated carbocycles. The van der Waals surface area contributed by atoms with E-state index in [1.54, 1.807) is 0 Å². The number of nitrogens with one attached hydrogen (secondary N) is 1. The van der Waals surface area contributed by atoms with Gasteiger partial charge in [0, 0.05) is 31.9 Å². The molecule has 1 fully saturated rings. The Morgan fingerprint density at radius 1 is 1.03 bits per heavy atom. The van der Waals surface area contributed by atoms with Crippen LogP contribution < -0.4 is 5.32 Å². The number of hydrogen-bond donors (Lipinski definition) is 1. The second-order valence-electron chi connectivity index (χ2n) is 8.85. The molecular formula is C27H26FN3O3S. The molecule has 1 aliphatic heterocycles. The fourth-order valence-corrected chi connectivity index (χ4v) is 6.30. The zero-order chi connectivity index (χ0) is 24.6. The Hall–Kier alpha value is -3.49. The molecule has 1 N–H and O–H groups in total. The van der Waals surface area contributed by atoms with Crippen LogP contribution in [0.4, 0.5) is 4.39 Å². The normalized spacial score (nSPS) is 16.6. The molecule has 35 heavy (non-hydrogen) atoms. The maximum Gasteiger partial charge on any atom is 0.243 e. The van der Waals surface area contributed by atoms with Crippen LogP contribution in [0.1, 0.15) is 18.4 Å². The summed E-state index contributed by atoms with van der Waals surface area (Å²) < 4.78 is 42.7. The minimum absolute atomic E-state index is 0.0125. The number of sulfonamides is 1. The average Bonchev–Trinajstić information content (AvgIpc) is 3.51. The fourth-order valence-electron chi connectivity index (χ4n) is 4.64. The maximum absolute atomic E-state index is 13.3. The van der Waals surface area contributed by atoms with E-state index >= 15 is 0 Å². The van der Waals surface area contributed by atoms with E-state index in [2.05, 4.69) is 34.1 Å². The summed E-state index contributed by atoms with van der Waals surface area (Å²) in [6, 6.07) is 20.2. The lowest BCUT2D eigenvalue weighted by Crippen LogP contribution is -2.45. The van der Waals surface area contributed by atoms with E-state index in [9.17, 15) is 17.6 Å². The molecule has 1 amide bonds. The Labute approximate surface area is 204 Å². The molecule has 0 aliphatic carbocycles. The summed E-state index contributed by atoms with van der Waals surface area (Å²) in [5.41, 5.74) is 4.19. The lowest BCUT2D eigenvalue weighted by Gasteiger charge is -2.23. The molecule has 4 aromatic rings. The highest BCUT2D eigenvalue weighted by Gasteiger charge is 2.39. The van der Waals surface area contributed by atoms with Gasteiger partial charge in [0.1, 0.15) is 11.9 Å². The molecule has 1 saturated heterocycles. The van der Waals surface area contributed by atoms with Crippen molar-refractivity contribution in [2.24, 2.45) is 7.05 Å². The molecule has 0 spiro atoms. The third-order valence-corrected chi connectivity index (χ3v) is 8.46. The highest BCUT2D eigenvalue weighted by Crippen LogP contribution is 2.28. The summed E-state index contributed by atoms with van der Waals surface area (Å²) in [4.78, 5) is 13.0. The molecule has 0 unspecified atom stereocenters. The summed E-state index contributed by atoms with van der Waals surface area (Å²) in [5.74, 6) is -0.839. The number of aryl methyl sites for hydroxylation is 1. The third-order valence-electron chi connectivity index (χ3n) is 6.54. The predicted octanol–water partition coefficient (Wildman–Crippen LogP) is 4.45. The van der Waals surface area contributed by atoms with Gasteiger partial charge in [0.15, 0.2) is 0 Å². The first-order valence-electron chi connectivity index (χ1n) is 11.5. The second-order valence-corrected chi connectivity index (χ2v) is 10.7. The number of carbonyl (C=O) groups is 1. The van der Waals surface area contributed by atoms with Crippen LogP contribution in [0.5, 0.6) is 0 Å². The van der Waals surface area contributed by atoms with E-state index in [0.29, 0.717) is 19.4 Å². The largest absolute Gasteiger partial charge is 0.351 e. The number of aromatic nitrogens is 1. The predicted molar refractivity (Wildman–Crippen MR) is 134 cm³/mol. The number of fused-ring (bicyclic) bond motifs is 1. The zero-order valence-corrected chi connectivity index (χ0v) is 20.1. The van der Waals surface area contributed by atoms with Crippen LogP contribution in [0.15, 0.2) is 83.9 Å². The van der Waals surface area contributed by atoms with Gasteiger partial charge in [-0.2, -0.15) is 4.31 Å². The van der Waals surface area contributed by atoms with Crippen LogP contribution in [-0.2, 0) is 28.4 Å². The van der Waals surface area contributed by atoms with E-state index in [0.717, 1.165) is 34.3 Å². The van der Waals surface area contributed by atoms with Gasteiger partial charge in [-0.05, 0) is 77.4 Å². The van der Waals surface area contributed by atoms with Crippen molar-refractivity contribution in [3.05, 3.63) is 90.4 Å². The molecule has 6 nitrogen and oxygen atoms in total. The van der Waals surface area contributed by atoms with Gasteiger partial charge in [0.05, 0.1) is 4.90 Å². The Morgan fingerprint density at radius 2 is 1.80 bits per heavy atom. The average molecular weight is 492 g/mol. The molecule has 1 aliphatic rings. The Balaban J connectivity index is 1.30. The summed E-state index contributed by atoms with van der Waals surface area (Å²) in [5, 5.41) is 4.08. The van der Waals surface area contributed by atoms with Crippen LogP contribution in [0.3, 0.4) is 0 Å². The first kappa shape index (κ1) is 23.3. The molecule has 0 bridgehead atoms. The van der Waals surface area contributed by atoms with Crippen LogP contribution in [0.2, 0.25) is 0 Å². The standard InChI is InChI=1S/C27H26FN3O3S/c1-30-15-13-20-7-8-22(17-26(20)30)21-5-2-4-19(16-21)18-29-27(32)25-6-3-14-31(25)35(33,34)24-11-9-23(28)10-12-24/h2,4-5,7-13,15-17,25H,3,6,14,18H2,1H3,(H,29,32)/t25-/m0/s1. The minimum Gasteiger partial charge on any atom is -0.351 e. The SMILES string of the molecule is Cn1ccc2ccc(-c3cccc(CNC(=O)[C@@H]4CCCN4S(=O)(=O)c4ccc(F)cc4)c3)cc21. The van der Waals surface area contributed by atoms with Gasteiger partial charge in [-0.1, -0.05) is 30.3 Å². The Bertz CT molecular complexity index is 1500.